The maximum Gasteiger partial charge on any atom is 0.243 e. The molecule has 5 nitrogen and oxygen atoms in total. The summed E-state index contributed by atoms with van der Waals surface area (Å²) in [4.78, 5) is 4.44. The maximum atomic E-state index is 12.6. The van der Waals surface area contributed by atoms with Crippen molar-refractivity contribution in [1.82, 2.24) is 13.9 Å². The van der Waals surface area contributed by atoms with Crippen molar-refractivity contribution >= 4 is 10.0 Å². The van der Waals surface area contributed by atoms with Gasteiger partial charge in [-0.15, -0.1) is 0 Å². The summed E-state index contributed by atoms with van der Waals surface area (Å²) in [7, 11) is -3.35. The predicted octanol–water partition coefficient (Wildman–Crippen LogP) is 1.62. The lowest BCUT2D eigenvalue weighted by molar-refractivity contribution is 0.204. The molecule has 2 aliphatic rings. The fraction of sp³-hybridized carbons (Fsp3) is 0.400. The number of nitrogens with zero attached hydrogens (tertiary/aromatic N) is 3. The van der Waals surface area contributed by atoms with Crippen molar-refractivity contribution in [3.05, 3.63) is 48.0 Å². The molecule has 0 atom stereocenters. The number of sulfonamides is 1. The van der Waals surface area contributed by atoms with Crippen LogP contribution in [0.1, 0.15) is 23.6 Å². The van der Waals surface area contributed by atoms with Gasteiger partial charge in [-0.05, 0) is 42.5 Å². The zero-order valence-corrected chi connectivity index (χ0v) is 12.5. The van der Waals surface area contributed by atoms with Crippen LogP contribution in [0.4, 0.5) is 0 Å². The molecule has 0 unspecified atom stereocenters. The summed E-state index contributed by atoms with van der Waals surface area (Å²) in [5.74, 6) is 0. The van der Waals surface area contributed by atoms with Gasteiger partial charge in [-0.1, -0.05) is 6.07 Å². The van der Waals surface area contributed by atoms with E-state index in [1.54, 1.807) is 22.9 Å². The first-order valence-electron chi connectivity index (χ1n) is 7.24. The fourth-order valence-electron chi connectivity index (χ4n) is 3.14. The molecule has 4 rings (SSSR count). The SMILES string of the molecule is O=S(=O)(c1ccc2c(c1)CCC2)N1CC(n2ccnc2)C1. The summed E-state index contributed by atoms with van der Waals surface area (Å²) >= 11 is 0. The third-order valence-electron chi connectivity index (χ3n) is 4.48. The summed E-state index contributed by atoms with van der Waals surface area (Å²) in [5.41, 5.74) is 2.50. The average Bonchev–Trinajstić information content (AvgIpc) is 3.06. The van der Waals surface area contributed by atoms with Crippen LogP contribution in [0, 0.1) is 0 Å². The summed E-state index contributed by atoms with van der Waals surface area (Å²) in [6, 6.07) is 5.80. The second-order valence-electron chi connectivity index (χ2n) is 5.77. The molecule has 0 N–H and O–H groups in total. The van der Waals surface area contributed by atoms with Crippen LogP contribution in [-0.2, 0) is 22.9 Å². The zero-order valence-electron chi connectivity index (χ0n) is 11.6. The van der Waals surface area contributed by atoms with Gasteiger partial charge in [0.25, 0.3) is 0 Å². The van der Waals surface area contributed by atoms with Gasteiger partial charge in [0.2, 0.25) is 10.0 Å². The van der Waals surface area contributed by atoms with Crippen molar-refractivity contribution in [1.29, 1.82) is 0 Å². The van der Waals surface area contributed by atoms with Crippen LogP contribution in [-0.4, -0.2) is 35.4 Å². The first kappa shape index (κ1) is 13.0. The van der Waals surface area contributed by atoms with Gasteiger partial charge in [-0.2, -0.15) is 4.31 Å². The number of hydrogen-bond acceptors (Lipinski definition) is 3. The second kappa shape index (κ2) is 4.68. The predicted molar refractivity (Wildman–Crippen MR) is 78.5 cm³/mol. The summed E-state index contributed by atoms with van der Waals surface area (Å²) in [6.45, 7) is 1.05. The third kappa shape index (κ3) is 2.10. The van der Waals surface area contributed by atoms with Crippen LogP contribution in [0.15, 0.2) is 41.8 Å². The highest BCUT2D eigenvalue weighted by molar-refractivity contribution is 7.89. The normalized spacial score (nSPS) is 19.4. The highest BCUT2D eigenvalue weighted by Gasteiger charge is 2.37. The Morgan fingerprint density at radius 1 is 1.14 bits per heavy atom. The highest BCUT2D eigenvalue weighted by atomic mass is 32.2. The number of benzene rings is 1. The molecule has 0 saturated carbocycles. The molecule has 1 aromatic carbocycles. The summed E-state index contributed by atoms with van der Waals surface area (Å²) in [6.07, 6.45) is 8.54. The van der Waals surface area contributed by atoms with Crippen molar-refractivity contribution in [3.8, 4) is 0 Å². The number of imidazole rings is 1. The molecule has 0 radical (unpaired) electrons. The van der Waals surface area contributed by atoms with E-state index in [1.165, 1.54) is 11.1 Å². The Hall–Kier alpha value is -1.66. The quantitative estimate of drug-likeness (QED) is 0.866. The van der Waals surface area contributed by atoms with Gasteiger partial charge < -0.3 is 4.57 Å². The smallest absolute Gasteiger partial charge is 0.243 e. The molecular weight excluding hydrogens is 286 g/mol. The largest absolute Gasteiger partial charge is 0.332 e. The topological polar surface area (TPSA) is 55.2 Å². The minimum absolute atomic E-state index is 0.205. The van der Waals surface area contributed by atoms with E-state index < -0.39 is 10.0 Å². The Balaban J connectivity index is 1.55. The minimum atomic E-state index is -3.35. The van der Waals surface area contributed by atoms with Crippen LogP contribution in [0.25, 0.3) is 0 Å². The number of hydrogen-bond donors (Lipinski definition) is 0. The van der Waals surface area contributed by atoms with Gasteiger partial charge in [0, 0.05) is 25.5 Å². The molecule has 6 heteroatoms. The Morgan fingerprint density at radius 2 is 1.95 bits per heavy atom. The van der Waals surface area contributed by atoms with Crippen molar-refractivity contribution < 1.29 is 8.42 Å². The van der Waals surface area contributed by atoms with Crippen LogP contribution in [0.3, 0.4) is 0 Å². The summed E-state index contributed by atoms with van der Waals surface area (Å²) in [5, 5.41) is 0. The van der Waals surface area contributed by atoms with Crippen LogP contribution in [0.2, 0.25) is 0 Å². The van der Waals surface area contributed by atoms with Crippen LogP contribution >= 0.6 is 0 Å². The van der Waals surface area contributed by atoms with Gasteiger partial charge in [0.1, 0.15) is 0 Å². The minimum Gasteiger partial charge on any atom is -0.332 e. The lowest BCUT2D eigenvalue weighted by Crippen LogP contribution is -2.50. The Bertz CT molecular complexity index is 762. The van der Waals surface area contributed by atoms with E-state index in [0.29, 0.717) is 18.0 Å². The van der Waals surface area contributed by atoms with Crippen molar-refractivity contribution in [3.63, 3.8) is 0 Å². The summed E-state index contributed by atoms with van der Waals surface area (Å²) < 4.78 is 28.8. The third-order valence-corrected chi connectivity index (χ3v) is 6.31. The van der Waals surface area contributed by atoms with Gasteiger partial charge in [0.05, 0.1) is 17.3 Å². The standard InChI is InChI=1S/C15H17N3O2S/c19-21(20,15-5-4-12-2-1-3-13(12)8-15)18-9-14(10-18)17-7-6-16-11-17/h4-8,11,14H,1-3,9-10H2. The number of aromatic nitrogens is 2. The molecular formula is C15H17N3O2S. The number of rotatable bonds is 3. The first-order valence-corrected chi connectivity index (χ1v) is 8.68. The highest BCUT2D eigenvalue weighted by Crippen LogP contribution is 2.30. The lowest BCUT2D eigenvalue weighted by Gasteiger charge is -2.38. The first-order chi connectivity index (χ1) is 10.1. The molecule has 0 amide bonds. The molecule has 2 heterocycles. The lowest BCUT2D eigenvalue weighted by atomic mass is 10.1. The second-order valence-corrected chi connectivity index (χ2v) is 7.71. The maximum absolute atomic E-state index is 12.6. The molecule has 1 aliphatic carbocycles. The monoisotopic (exact) mass is 303 g/mol. The molecule has 1 aliphatic heterocycles. The van der Waals surface area contributed by atoms with Crippen molar-refractivity contribution in [2.75, 3.05) is 13.1 Å². The molecule has 0 spiro atoms. The Morgan fingerprint density at radius 3 is 2.71 bits per heavy atom. The molecule has 110 valence electrons. The zero-order chi connectivity index (χ0) is 14.4. The number of aryl methyl sites for hydroxylation is 2. The van der Waals surface area contributed by atoms with Crippen LogP contribution < -0.4 is 0 Å². The van der Waals surface area contributed by atoms with E-state index in [4.69, 9.17) is 0 Å². The molecule has 1 aromatic heterocycles. The van der Waals surface area contributed by atoms with Gasteiger partial charge in [0.15, 0.2) is 0 Å². The van der Waals surface area contributed by atoms with Crippen molar-refractivity contribution in [2.45, 2.75) is 30.2 Å². The molecule has 1 fully saturated rings. The van der Waals surface area contributed by atoms with E-state index in [0.717, 1.165) is 19.3 Å². The van der Waals surface area contributed by atoms with E-state index >= 15 is 0 Å². The van der Waals surface area contributed by atoms with Gasteiger partial charge in [-0.25, -0.2) is 13.4 Å². The van der Waals surface area contributed by atoms with Gasteiger partial charge in [-0.3, -0.25) is 0 Å². The molecule has 21 heavy (non-hydrogen) atoms. The van der Waals surface area contributed by atoms with E-state index in [9.17, 15) is 8.42 Å². The van der Waals surface area contributed by atoms with E-state index in [-0.39, 0.29) is 6.04 Å². The number of fused-ring (bicyclic) bond motifs is 1. The van der Waals surface area contributed by atoms with Crippen LogP contribution in [0.5, 0.6) is 0 Å². The molecule has 2 aromatic rings. The Labute approximate surface area is 124 Å². The van der Waals surface area contributed by atoms with E-state index in [1.807, 2.05) is 22.9 Å². The fourth-order valence-corrected chi connectivity index (χ4v) is 4.71. The average molecular weight is 303 g/mol. The van der Waals surface area contributed by atoms with E-state index in [2.05, 4.69) is 4.98 Å². The molecule has 0 bridgehead atoms. The Kier molecular flexibility index (Phi) is 2.90. The van der Waals surface area contributed by atoms with Gasteiger partial charge >= 0.3 is 0 Å². The molecule has 1 saturated heterocycles. The van der Waals surface area contributed by atoms with Crippen molar-refractivity contribution in [2.24, 2.45) is 0 Å².